The predicted molar refractivity (Wildman–Crippen MR) is 58.3 cm³/mol. The van der Waals surface area contributed by atoms with Crippen molar-refractivity contribution in [3.8, 4) is 0 Å². The molecule has 0 aliphatic rings. The summed E-state index contributed by atoms with van der Waals surface area (Å²) in [6.07, 6.45) is 1.74. The molecule has 2 rings (SSSR count). The summed E-state index contributed by atoms with van der Waals surface area (Å²) in [5.74, 6) is 0.657. The zero-order valence-electron chi connectivity index (χ0n) is 7.53. The van der Waals surface area contributed by atoms with E-state index in [0.717, 1.165) is 21.5 Å². The molecule has 1 aromatic heterocycles. The molecule has 2 aromatic rings. The van der Waals surface area contributed by atoms with E-state index < -0.39 is 0 Å². The van der Waals surface area contributed by atoms with Gasteiger partial charge in [0.25, 0.3) is 0 Å². The second-order valence-corrected chi connectivity index (χ2v) is 4.06. The van der Waals surface area contributed by atoms with E-state index in [1.165, 1.54) is 0 Å². The third-order valence-corrected chi connectivity index (χ3v) is 2.97. The van der Waals surface area contributed by atoms with Crippen molar-refractivity contribution in [3.63, 3.8) is 0 Å². The SMILES string of the molecule is Nc1cc2cn[nH]c2cc1SCCO. The molecule has 1 heterocycles. The fraction of sp³-hybridized carbons (Fsp3) is 0.222. The average Bonchev–Trinajstić information content (AvgIpc) is 2.61. The lowest BCUT2D eigenvalue weighted by Gasteiger charge is -2.03. The number of nitrogen functional groups attached to an aromatic ring is 1. The van der Waals surface area contributed by atoms with Crippen molar-refractivity contribution in [1.29, 1.82) is 0 Å². The van der Waals surface area contributed by atoms with Gasteiger partial charge in [0, 0.05) is 21.7 Å². The molecule has 0 aliphatic carbocycles. The zero-order valence-corrected chi connectivity index (χ0v) is 8.34. The molecule has 14 heavy (non-hydrogen) atoms. The number of hydrogen-bond acceptors (Lipinski definition) is 4. The number of nitrogens with zero attached hydrogens (tertiary/aromatic N) is 1. The number of aromatic nitrogens is 2. The van der Waals surface area contributed by atoms with Crippen molar-refractivity contribution < 1.29 is 5.11 Å². The van der Waals surface area contributed by atoms with Crippen LogP contribution >= 0.6 is 11.8 Å². The lowest BCUT2D eigenvalue weighted by Crippen LogP contribution is -1.91. The van der Waals surface area contributed by atoms with E-state index in [4.69, 9.17) is 10.8 Å². The standard InChI is InChI=1S/C9H11N3OS/c10-7-3-6-5-11-12-8(6)4-9(7)14-2-1-13/h3-5,13H,1-2,10H2,(H,11,12). The van der Waals surface area contributed by atoms with Crippen LogP contribution in [0.15, 0.2) is 23.2 Å². The van der Waals surface area contributed by atoms with Gasteiger partial charge >= 0.3 is 0 Å². The van der Waals surface area contributed by atoms with Crippen molar-refractivity contribution in [2.24, 2.45) is 0 Å². The Bertz CT molecular complexity index is 441. The smallest absolute Gasteiger partial charge is 0.0662 e. The van der Waals surface area contributed by atoms with Crippen LogP contribution in [0.5, 0.6) is 0 Å². The Morgan fingerprint density at radius 3 is 3.14 bits per heavy atom. The Morgan fingerprint density at radius 2 is 2.36 bits per heavy atom. The van der Waals surface area contributed by atoms with Gasteiger partial charge in [0.05, 0.1) is 18.3 Å². The summed E-state index contributed by atoms with van der Waals surface area (Å²) in [5, 5.41) is 16.5. The third-order valence-electron chi connectivity index (χ3n) is 1.92. The van der Waals surface area contributed by atoms with E-state index in [0.29, 0.717) is 5.75 Å². The van der Waals surface area contributed by atoms with Gasteiger partial charge in [-0.05, 0) is 12.1 Å². The largest absolute Gasteiger partial charge is 0.398 e. The van der Waals surface area contributed by atoms with Crippen molar-refractivity contribution in [2.45, 2.75) is 4.90 Å². The summed E-state index contributed by atoms with van der Waals surface area (Å²) < 4.78 is 0. The van der Waals surface area contributed by atoms with Crippen LogP contribution in [0.1, 0.15) is 0 Å². The Morgan fingerprint density at radius 1 is 1.50 bits per heavy atom. The van der Waals surface area contributed by atoms with Gasteiger partial charge < -0.3 is 10.8 Å². The van der Waals surface area contributed by atoms with Crippen molar-refractivity contribution in [3.05, 3.63) is 18.3 Å². The molecule has 0 saturated heterocycles. The third kappa shape index (κ3) is 1.69. The minimum Gasteiger partial charge on any atom is -0.398 e. The molecule has 4 N–H and O–H groups in total. The molecule has 5 heteroatoms. The topological polar surface area (TPSA) is 74.9 Å². The second kappa shape index (κ2) is 3.89. The lowest BCUT2D eigenvalue weighted by molar-refractivity contribution is 0.322. The van der Waals surface area contributed by atoms with Gasteiger partial charge in [-0.3, -0.25) is 5.10 Å². The molecule has 0 amide bonds. The number of benzene rings is 1. The van der Waals surface area contributed by atoms with Crippen LogP contribution in [0.25, 0.3) is 10.9 Å². The maximum absolute atomic E-state index is 8.71. The summed E-state index contributed by atoms with van der Waals surface area (Å²) in [7, 11) is 0. The second-order valence-electron chi connectivity index (χ2n) is 2.92. The number of thioether (sulfide) groups is 1. The molecule has 74 valence electrons. The van der Waals surface area contributed by atoms with E-state index >= 15 is 0 Å². The molecule has 0 unspecified atom stereocenters. The van der Waals surface area contributed by atoms with Gasteiger partial charge in [-0.25, -0.2) is 0 Å². The van der Waals surface area contributed by atoms with Gasteiger partial charge in [0.1, 0.15) is 0 Å². The number of anilines is 1. The minimum absolute atomic E-state index is 0.158. The molecular weight excluding hydrogens is 198 g/mol. The van der Waals surface area contributed by atoms with Crippen molar-refractivity contribution in [2.75, 3.05) is 18.1 Å². The van der Waals surface area contributed by atoms with Crippen molar-refractivity contribution >= 4 is 28.4 Å². The number of H-pyrrole nitrogens is 1. The van der Waals surface area contributed by atoms with E-state index in [2.05, 4.69) is 10.2 Å². The number of nitrogens with two attached hydrogens (primary N) is 1. The summed E-state index contributed by atoms with van der Waals surface area (Å²) in [6, 6.07) is 3.84. The molecule has 0 atom stereocenters. The van der Waals surface area contributed by atoms with E-state index in [9.17, 15) is 0 Å². The number of aliphatic hydroxyl groups excluding tert-OH is 1. The molecule has 0 spiro atoms. The van der Waals surface area contributed by atoms with Crippen LogP contribution < -0.4 is 5.73 Å². The maximum atomic E-state index is 8.71. The van der Waals surface area contributed by atoms with Crippen LogP contribution in [0.4, 0.5) is 5.69 Å². The fourth-order valence-electron chi connectivity index (χ4n) is 1.27. The van der Waals surface area contributed by atoms with E-state index in [-0.39, 0.29) is 6.61 Å². The fourth-order valence-corrected chi connectivity index (χ4v) is 2.01. The Labute approximate surface area is 85.5 Å². The molecule has 1 aromatic carbocycles. The van der Waals surface area contributed by atoms with Crippen LogP contribution in [0.3, 0.4) is 0 Å². The predicted octanol–water partition coefficient (Wildman–Crippen LogP) is 1.23. The Balaban J connectivity index is 2.38. The molecule has 0 bridgehead atoms. The number of fused-ring (bicyclic) bond motifs is 1. The Kier molecular flexibility index (Phi) is 2.60. The molecule has 4 nitrogen and oxygen atoms in total. The monoisotopic (exact) mass is 209 g/mol. The van der Waals surface area contributed by atoms with Gasteiger partial charge in [0.2, 0.25) is 0 Å². The lowest BCUT2D eigenvalue weighted by atomic mass is 10.2. The van der Waals surface area contributed by atoms with Crippen molar-refractivity contribution in [1.82, 2.24) is 10.2 Å². The van der Waals surface area contributed by atoms with E-state index in [1.54, 1.807) is 18.0 Å². The van der Waals surface area contributed by atoms with Crippen LogP contribution in [0.2, 0.25) is 0 Å². The minimum atomic E-state index is 0.158. The van der Waals surface area contributed by atoms with Crippen LogP contribution in [-0.4, -0.2) is 27.7 Å². The van der Waals surface area contributed by atoms with Crippen LogP contribution in [-0.2, 0) is 0 Å². The molecule has 0 aliphatic heterocycles. The van der Waals surface area contributed by atoms with Crippen LogP contribution in [0, 0.1) is 0 Å². The van der Waals surface area contributed by atoms with Gasteiger partial charge in [-0.15, -0.1) is 11.8 Å². The molecule has 0 fully saturated rings. The first-order chi connectivity index (χ1) is 6.81. The number of rotatable bonds is 3. The quantitative estimate of drug-likeness (QED) is 0.525. The highest BCUT2D eigenvalue weighted by Gasteiger charge is 2.03. The van der Waals surface area contributed by atoms with Gasteiger partial charge in [-0.1, -0.05) is 0 Å². The molecule has 0 saturated carbocycles. The van der Waals surface area contributed by atoms with E-state index in [1.807, 2.05) is 12.1 Å². The Hall–Kier alpha value is -1.20. The maximum Gasteiger partial charge on any atom is 0.0662 e. The first-order valence-corrected chi connectivity index (χ1v) is 5.26. The summed E-state index contributed by atoms with van der Waals surface area (Å²) in [4.78, 5) is 0.982. The van der Waals surface area contributed by atoms with Gasteiger partial charge in [-0.2, -0.15) is 5.10 Å². The number of hydrogen-bond donors (Lipinski definition) is 3. The molecule has 0 radical (unpaired) electrons. The summed E-state index contributed by atoms with van der Waals surface area (Å²) in [5.41, 5.74) is 7.55. The number of nitrogens with one attached hydrogen (secondary N) is 1. The summed E-state index contributed by atoms with van der Waals surface area (Å²) in [6.45, 7) is 0.158. The molecular formula is C9H11N3OS. The first kappa shape index (κ1) is 9.36. The summed E-state index contributed by atoms with van der Waals surface area (Å²) >= 11 is 1.54. The number of aromatic amines is 1. The highest BCUT2D eigenvalue weighted by atomic mass is 32.2. The highest BCUT2D eigenvalue weighted by Crippen LogP contribution is 2.28. The average molecular weight is 209 g/mol. The zero-order chi connectivity index (χ0) is 9.97. The number of aliphatic hydroxyl groups is 1. The van der Waals surface area contributed by atoms with Gasteiger partial charge in [0.15, 0.2) is 0 Å². The normalized spacial score (nSPS) is 10.9. The highest BCUT2D eigenvalue weighted by molar-refractivity contribution is 7.99. The first-order valence-electron chi connectivity index (χ1n) is 4.27.